The van der Waals surface area contributed by atoms with E-state index in [1.165, 1.54) is 5.56 Å². The maximum atomic E-state index is 13.7. The lowest BCUT2D eigenvalue weighted by Crippen LogP contribution is -2.31. The van der Waals surface area contributed by atoms with Crippen LogP contribution in [0.25, 0.3) is 5.69 Å². The van der Waals surface area contributed by atoms with Crippen molar-refractivity contribution in [2.24, 2.45) is 0 Å². The second-order valence-corrected chi connectivity index (χ2v) is 10.0. The summed E-state index contributed by atoms with van der Waals surface area (Å²) in [6.45, 7) is 3.26. The van der Waals surface area contributed by atoms with Crippen LogP contribution in [0.1, 0.15) is 35.6 Å². The maximum Gasteiger partial charge on any atom is 0.243 e. The molecule has 1 unspecified atom stereocenters. The second-order valence-electron chi connectivity index (χ2n) is 8.15. The van der Waals surface area contributed by atoms with E-state index in [0.717, 1.165) is 36.2 Å². The zero-order chi connectivity index (χ0) is 21.3. The van der Waals surface area contributed by atoms with Gasteiger partial charge >= 0.3 is 0 Å². The van der Waals surface area contributed by atoms with Gasteiger partial charge in [-0.25, -0.2) is 13.1 Å². The van der Waals surface area contributed by atoms with Gasteiger partial charge in [0.05, 0.1) is 16.6 Å². The van der Waals surface area contributed by atoms with Gasteiger partial charge in [0.2, 0.25) is 10.0 Å². The molecule has 1 fully saturated rings. The van der Waals surface area contributed by atoms with Crippen LogP contribution < -0.4 is 0 Å². The van der Waals surface area contributed by atoms with Crippen molar-refractivity contribution in [3.05, 3.63) is 77.6 Å². The molecule has 1 aliphatic heterocycles. The Bertz CT molecular complexity index is 1110. The number of aryl methyl sites for hydroxylation is 1. The van der Waals surface area contributed by atoms with Crippen LogP contribution in [0.3, 0.4) is 0 Å². The summed E-state index contributed by atoms with van der Waals surface area (Å²) in [7, 11) is 0.456. The topological polar surface area (TPSA) is 58.4 Å². The number of sulfonamides is 1. The van der Waals surface area contributed by atoms with Gasteiger partial charge < -0.3 is 4.90 Å². The van der Waals surface area contributed by atoms with E-state index >= 15 is 0 Å². The van der Waals surface area contributed by atoms with Gasteiger partial charge in [-0.1, -0.05) is 30.3 Å². The van der Waals surface area contributed by atoms with Gasteiger partial charge in [0.15, 0.2) is 0 Å². The van der Waals surface area contributed by atoms with Gasteiger partial charge in [0, 0.05) is 25.5 Å². The average molecular weight is 425 g/mol. The number of hydrogen-bond acceptors (Lipinski definition) is 4. The van der Waals surface area contributed by atoms with Crippen LogP contribution in [-0.4, -0.2) is 48.0 Å². The lowest BCUT2D eigenvalue weighted by atomic mass is 10.0. The fraction of sp³-hybridized carbons (Fsp3) is 0.348. The first-order valence-electron chi connectivity index (χ1n) is 10.2. The highest BCUT2D eigenvalue weighted by molar-refractivity contribution is 7.89. The van der Waals surface area contributed by atoms with Crippen LogP contribution in [0.15, 0.2) is 65.8 Å². The van der Waals surface area contributed by atoms with Crippen molar-refractivity contribution in [1.82, 2.24) is 19.0 Å². The third kappa shape index (κ3) is 4.05. The smallest absolute Gasteiger partial charge is 0.243 e. The van der Waals surface area contributed by atoms with E-state index in [1.807, 2.05) is 45.4 Å². The SMILES string of the molecule is Cc1ccc(-n2cccn2)cc1S(=O)(=O)N1CCCC1c1ccc(CN(C)C)cc1. The molecule has 1 aromatic heterocycles. The maximum absolute atomic E-state index is 13.7. The van der Waals surface area contributed by atoms with Crippen molar-refractivity contribution in [3.8, 4) is 5.69 Å². The molecule has 7 heteroatoms. The molecule has 0 amide bonds. The van der Waals surface area contributed by atoms with Crippen molar-refractivity contribution >= 4 is 10.0 Å². The summed E-state index contributed by atoms with van der Waals surface area (Å²) in [6.07, 6.45) is 5.20. The van der Waals surface area contributed by atoms with Crippen LogP contribution in [0.5, 0.6) is 0 Å². The number of rotatable bonds is 6. The average Bonchev–Trinajstić information content (AvgIpc) is 3.41. The quantitative estimate of drug-likeness (QED) is 0.604. The van der Waals surface area contributed by atoms with E-state index in [0.29, 0.717) is 11.4 Å². The molecule has 4 rings (SSSR count). The van der Waals surface area contributed by atoms with Crippen LogP contribution in [-0.2, 0) is 16.6 Å². The second kappa shape index (κ2) is 8.34. The van der Waals surface area contributed by atoms with Gasteiger partial charge in [-0.2, -0.15) is 9.40 Å². The van der Waals surface area contributed by atoms with E-state index in [-0.39, 0.29) is 6.04 Å². The highest BCUT2D eigenvalue weighted by Gasteiger charge is 2.37. The van der Waals surface area contributed by atoms with Crippen LogP contribution in [0.4, 0.5) is 0 Å². The summed E-state index contributed by atoms with van der Waals surface area (Å²) < 4.78 is 30.7. The third-order valence-electron chi connectivity index (χ3n) is 5.59. The van der Waals surface area contributed by atoms with Gasteiger partial charge in [-0.05, 0) is 68.8 Å². The number of hydrogen-bond donors (Lipinski definition) is 0. The Labute approximate surface area is 178 Å². The van der Waals surface area contributed by atoms with Crippen molar-refractivity contribution < 1.29 is 8.42 Å². The normalized spacial score (nSPS) is 17.7. The molecule has 0 bridgehead atoms. The molecule has 0 saturated carbocycles. The lowest BCUT2D eigenvalue weighted by Gasteiger charge is -2.26. The third-order valence-corrected chi connectivity index (χ3v) is 7.64. The van der Waals surface area contributed by atoms with Gasteiger partial charge in [0.1, 0.15) is 0 Å². The Hall–Kier alpha value is -2.48. The molecule has 6 nitrogen and oxygen atoms in total. The van der Waals surface area contributed by atoms with Gasteiger partial charge in [-0.3, -0.25) is 0 Å². The zero-order valence-electron chi connectivity index (χ0n) is 17.7. The molecular formula is C23H28N4O2S. The minimum atomic E-state index is -3.63. The van der Waals surface area contributed by atoms with E-state index in [2.05, 4.69) is 34.3 Å². The molecule has 1 aliphatic rings. The molecule has 30 heavy (non-hydrogen) atoms. The standard InChI is InChI=1S/C23H28N4O2S/c1-18-7-12-21(26-14-5-13-24-26)16-23(18)30(28,29)27-15-4-6-22(27)20-10-8-19(9-11-20)17-25(2)3/h5,7-14,16,22H,4,6,15,17H2,1-3H3. The minimum absolute atomic E-state index is 0.129. The number of benzene rings is 2. The highest BCUT2D eigenvalue weighted by atomic mass is 32.2. The Morgan fingerprint density at radius 2 is 1.90 bits per heavy atom. The fourth-order valence-corrected chi connectivity index (χ4v) is 6.06. The van der Waals surface area contributed by atoms with E-state index in [9.17, 15) is 8.42 Å². The van der Waals surface area contributed by atoms with E-state index < -0.39 is 10.0 Å². The summed E-state index contributed by atoms with van der Waals surface area (Å²) in [5.74, 6) is 0. The molecule has 1 saturated heterocycles. The molecule has 1 atom stereocenters. The van der Waals surface area contributed by atoms with E-state index in [1.54, 1.807) is 21.3 Å². The van der Waals surface area contributed by atoms with Crippen molar-refractivity contribution in [2.45, 2.75) is 37.2 Å². The summed E-state index contributed by atoms with van der Waals surface area (Å²) in [4.78, 5) is 2.48. The minimum Gasteiger partial charge on any atom is -0.305 e. The Morgan fingerprint density at radius 3 is 2.57 bits per heavy atom. The van der Waals surface area contributed by atoms with Gasteiger partial charge in [0.25, 0.3) is 0 Å². The predicted molar refractivity (Wildman–Crippen MR) is 118 cm³/mol. The van der Waals surface area contributed by atoms with Crippen molar-refractivity contribution in [1.29, 1.82) is 0 Å². The molecule has 0 aliphatic carbocycles. The zero-order valence-corrected chi connectivity index (χ0v) is 18.5. The molecule has 2 heterocycles. The number of aromatic nitrogens is 2. The van der Waals surface area contributed by atoms with Crippen LogP contribution in [0, 0.1) is 6.92 Å². The fourth-order valence-electron chi connectivity index (χ4n) is 4.13. The lowest BCUT2D eigenvalue weighted by molar-refractivity contribution is 0.394. The summed E-state index contributed by atoms with van der Waals surface area (Å²) >= 11 is 0. The summed E-state index contributed by atoms with van der Waals surface area (Å²) in [5.41, 5.74) is 3.77. The van der Waals surface area contributed by atoms with E-state index in [4.69, 9.17) is 0 Å². The summed E-state index contributed by atoms with van der Waals surface area (Å²) in [5, 5.41) is 4.23. The summed E-state index contributed by atoms with van der Waals surface area (Å²) in [6, 6.07) is 15.5. The molecule has 158 valence electrons. The number of nitrogens with zero attached hydrogens (tertiary/aromatic N) is 4. The monoisotopic (exact) mass is 424 g/mol. The molecule has 0 N–H and O–H groups in total. The molecule has 0 spiro atoms. The first-order valence-corrected chi connectivity index (χ1v) is 11.7. The Kier molecular flexibility index (Phi) is 5.77. The molecular weight excluding hydrogens is 396 g/mol. The first kappa shape index (κ1) is 20.8. The van der Waals surface area contributed by atoms with Gasteiger partial charge in [-0.15, -0.1) is 0 Å². The largest absolute Gasteiger partial charge is 0.305 e. The first-order chi connectivity index (χ1) is 14.4. The Balaban J connectivity index is 1.66. The molecule has 0 radical (unpaired) electrons. The van der Waals surface area contributed by atoms with Crippen LogP contribution >= 0.6 is 0 Å². The molecule has 3 aromatic rings. The highest BCUT2D eigenvalue weighted by Crippen LogP contribution is 2.37. The Morgan fingerprint density at radius 1 is 1.13 bits per heavy atom. The predicted octanol–water partition coefficient (Wildman–Crippen LogP) is 3.77. The van der Waals surface area contributed by atoms with Crippen molar-refractivity contribution in [2.75, 3.05) is 20.6 Å². The van der Waals surface area contributed by atoms with Crippen molar-refractivity contribution in [3.63, 3.8) is 0 Å². The molecule has 2 aromatic carbocycles. The van der Waals surface area contributed by atoms with Crippen LogP contribution in [0.2, 0.25) is 0 Å².